The maximum atomic E-state index is 13.6. The van der Waals surface area contributed by atoms with Crippen LogP contribution in [-0.4, -0.2) is 6.04 Å². The Morgan fingerprint density at radius 2 is 1.56 bits per heavy atom. The van der Waals surface area contributed by atoms with E-state index in [4.69, 9.17) is 0 Å². The zero-order valence-electron chi connectivity index (χ0n) is 11.6. The van der Waals surface area contributed by atoms with Crippen LogP contribution in [-0.2, 0) is 0 Å². The highest BCUT2D eigenvalue weighted by Gasteiger charge is 2.14. The molecule has 0 fully saturated rings. The normalized spacial score (nSPS) is 11.6. The van der Waals surface area contributed by atoms with Crippen LogP contribution in [0.3, 0.4) is 0 Å². The molecule has 0 aromatic heterocycles. The van der Waals surface area contributed by atoms with Gasteiger partial charge in [-0.2, -0.15) is 0 Å². The molecule has 0 unspecified atom stereocenters. The minimum atomic E-state index is -0.540. The van der Waals surface area contributed by atoms with Crippen LogP contribution in [0.15, 0.2) is 18.2 Å². The molecule has 0 saturated carbocycles. The predicted octanol–water partition coefficient (Wildman–Crippen LogP) is 4.84. The Hall–Kier alpha value is -1.12. The van der Waals surface area contributed by atoms with E-state index in [2.05, 4.69) is 33.0 Å². The Balaban J connectivity index is 2.75. The van der Waals surface area contributed by atoms with Gasteiger partial charge in [0.1, 0.15) is 11.6 Å². The van der Waals surface area contributed by atoms with Gasteiger partial charge in [-0.3, -0.25) is 0 Å². The summed E-state index contributed by atoms with van der Waals surface area (Å²) in [6, 6.07) is 3.90. The minimum Gasteiger partial charge on any atom is -0.380 e. The van der Waals surface area contributed by atoms with Crippen LogP contribution in [0.5, 0.6) is 0 Å². The molecule has 0 heterocycles. The summed E-state index contributed by atoms with van der Waals surface area (Å²) in [5, 5.41) is 3.20. The zero-order valence-corrected chi connectivity index (χ0v) is 11.6. The third-order valence-corrected chi connectivity index (χ3v) is 2.80. The molecular formula is C15H23F2N. The van der Waals surface area contributed by atoms with E-state index in [1.54, 1.807) is 0 Å². The van der Waals surface area contributed by atoms with Crippen molar-refractivity contribution in [3.8, 4) is 0 Å². The third kappa shape index (κ3) is 5.03. The summed E-state index contributed by atoms with van der Waals surface area (Å²) in [4.78, 5) is 0. The fourth-order valence-corrected chi connectivity index (χ4v) is 2.18. The Labute approximate surface area is 109 Å². The van der Waals surface area contributed by atoms with Crippen molar-refractivity contribution in [3.63, 3.8) is 0 Å². The van der Waals surface area contributed by atoms with Gasteiger partial charge in [0.25, 0.3) is 0 Å². The summed E-state index contributed by atoms with van der Waals surface area (Å²) >= 11 is 0. The fourth-order valence-electron chi connectivity index (χ4n) is 2.18. The highest BCUT2D eigenvalue weighted by atomic mass is 19.1. The Kier molecular flexibility index (Phi) is 5.57. The first-order chi connectivity index (χ1) is 8.38. The largest absolute Gasteiger partial charge is 0.380 e. The van der Waals surface area contributed by atoms with Crippen LogP contribution in [0.4, 0.5) is 14.5 Å². The van der Waals surface area contributed by atoms with Gasteiger partial charge >= 0.3 is 0 Å². The van der Waals surface area contributed by atoms with Crippen LogP contribution in [0.1, 0.15) is 40.5 Å². The summed E-state index contributed by atoms with van der Waals surface area (Å²) in [6.45, 7) is 8.60. The van der Waals surface area contributed by atoms with Gasteiger partial charge in [0, 0.05) is 12.1 Å². The van der Waals surface area contributed by atoms with Crippen LogP contribution in [0.25, 0.3) is 0 Å². The molecule has 102 valence electrons. The monoisotopic (exact) mass is 255 g/mol. The maximum Gasteiger partial charge on any atom is 0.149 e. The summed E-state index contributed by atoms with van der Waals surface area (Å²) in [5.41, 5.74) is 0.391. The van der Waals surface area contributed by atoms with E-state index in [9.17, 15) is 8.78 Å². The molecule has 0 aliphatic carbocycles. The van der Waals surface area contributed by atoms with Gasteiger partial charge in [-0.25, -0.2) is 8.78 Å². The fraction of sp³-hybridized carbons (Fsp3) is 0.600. The zero-order chi connectivity index (χ0) is 13.7. The Morgan fingerprint density at radius 3 is 2.00 bits per heavy atom. The Bertz CT molecular complexity index is 365. The SMILES string of the molecule is CC(C)CC(CC(C)C)Nc1ccc(F)cc1F. The molecular weight excluding hydrogens is 232 g/mol. The van der Waals surface area contributed by atoms with E-state index in [0.717, 1.165) is 18.9 Å². The highest BCUT2D eigenvalue weighted by Crippen LogP contribution is 2.21. The lowest BCUT2D eigenvalue weighted by Gasteiger charge is -2.23. The average molecular weight is 255 g/mol. The first-order valence-electron chi connectivity index (χ1n) is 6.60. The second kappa shape index (κ2) is 6.72. The van der Waals surface area contributed by atoms with Gasteiger partial charge in [0.2, 0.25) is 0 Å². The molecule has 0 aliphatic rings. The van der Waals surface area contributed by atoms with Crippen molar-refractivity contribution in [2.75, 3.05) is 5.32 Å². The molecule has 0 atom stereocenters. The number of nitrogens with one attached hydrogen (secondary N) is 1. The number of benzene rings is 1. The first-order valence-corrected chi connectivity index (χ1v) is 6.60. The van der Waals surface area contributed by atoms with Gasteiger partial charge in [0.15, 0.2) is 0 Å². The van der Waals surface area contributed by atoms with Crippen LogP contribution < -0.4 is 5.32 Å². The summed E-state index contributed by atoms with van der Waals surface area (Å²) in [7, 11) is 0. The molecule has 1 aromatic carbocycles. The highest BCUT2D eigenvalue weighted by molar-refractivity contribution is 5.45. The Morgan fingerprint density at radius 1 is 1.00 bits per heavy atom. The number of anilines is 1. The van der Waals surface area contributed by atoms with Gasteiger partial charge in [-0.15, -0.1) is 0 Å². The number of hydrogen-bond acceptors (Lipinski definition) is 1. The third-order valence-electron chi connectivity index (χ3n) is 2.80. The van der Waals surface area contributed by atoms with Crippen molar-refractivity contribution in [2.24, 2.45) is 11.8 Å². The van der Waals surface area contributed by atoms with E-state index < -0.39 is 11.6 Å². The van der Waals surface area contributed by atoms with E-state index in [1.807, 2.05) is 0 Å². The van der Waals surface area contributed by atoms with Crippen molar-refractivity contribution in [1.29, 1.82) is 0 Å². The smallest absolute Gasteiger partial charge is 0.149 e. The quantitative estimate of drug-likeness (QED) is 0.767. The topological polar surface area (TPSA) is 12.0 Å². The molecule has 3 heteroatoms. The first kappa shape index (κ1) is 14.9. The minimum absolute atomic E-state index is 0.227. The number of hydrogen-bond donors (Lipinski definition) is 1. The lowest BCUT2D eigenvalue weighted by molar-refractivity contribution is 0.440. The standard InChI is InChI=1S/C15H23F2N/c1-10(2)7-13(8-11(3)4)18-15-6-5-12(16)9-14(15)17/h5-6,9-11,13,18H,7-8H2,1-4H3. The lowest BCUT2D eigenvalue weighted by Crippen LogP contribution is -2.24. The van der Waals surface area contributed by atoms with Crippen molar-refractivity contribution < 1.29 is 8.78 Å². The molecule has 1 aromatic rings. The van der Waals surface area contributed by atoms with E-state index >= 15 is 0 Å². The maximum absolute atomic E-state index is 13.6. The molecule has 0 bridgehead atoms. The molecule has 0 radical (unpaired) electrons. The molecule has 0 aliphatic heterocycles. The molecule has 0 saturated heterocycles. The van der Waals surface area contributed by atoms with Crippen molar-refractivity contribution in [3.05, 3.63) is 29.8 Å². The lowest BCUT2D eigenvalue weighted by atomic mass is 9.95. The summed E-state index contributed by atoms with van der Waals surface area (Å²) in [5.74, 6) is 0.0318. The van der Waals surface area contributed by atoms with Crippen LogP contribution in [0, 0.1) is 23.5 Å². The summed E-state index contributed by atoms with van der Waals surface area (Å²) < 4.78 is 26.4. The van der Waals surface area contributed by atoms with Gasteiger partial charge in [-0.1, -0.05) is 27.7 Å². The second-order valence-electron chi connectivity index (χ2n) is 5.72. The molecule has 0 amide bonds. The average Bonchev–Trinajstić information content (AvgIpc) is 2.20. The summed E-state index contributed by atoms with van der Waals surface area (Å²) in [6.07, 6.45) is 1.96. The van der Waals surface area contributed by atoms with Crippen molar-refractivity contribution >= 4 is 5.69 Å². The molecule has 1 N–H and O–H groups in total. The van der Waals surface area contributed by atoms with Crippen molar-refractivity contribution in [1.82, 2.24) is 0 Å². The van der Waals surface area contributed by atoms with Gasteiger partial charge < -0.3 is 5.32 Å². The molecule has 18 heavy (non-hydrogen) atoms. The molecule has 0 spiro atoms. The number of rotatable bonds is 6. The van der Waals surface area contributed by atoms with Crippen molar-refractivity contribution in [2.45, 2.75) is 46.6 Å². The van der Waals surface area contributed by atoms with Gasteiger partial charge in [-0.05, 0) is 36.8 Å². The second-order valence-corrected chi connectivity index (χ2v) is 5.72. The van der Waals surface area contributed by atoms with E-state index in [1.165, 1.54) is 12.1 Å². The van der Waals surface area contributed by atoms with Crippen LogP contribution in [0.2, 0.25) is 0 Å². The van der Waals surface area contributed by atoms with Gasteiger partial charge in [0.05, 0.1) is 5.69 Å². The molecule has 1 nitrogen and oxygen atoms in total. The predicted molar refractivity (Wildman–Crippen MR) is 72.7 cm³/mol. The number of halogens is 2. The van der Waals surface area contributed by atoms with E-state index in [0.29, 0.717) is 17.5 Å². The van der Waals surface area contributed by atoms with Crippen LogP contribution >= 0.6 is 0 Å². The van der Waals surface area contributed by atoms with E-state index in [-0.39, 0.29) is 6.04 Å². The molecule has 1 rings (SSSR count).